The SMILES string of the molecule is CCCCc1ccc(NC(=O)c2cn(C)cc3c(=O)n(-c4ccccc4)nc2-3)cc1. The minimum atomic E-state index is -0.296. The van der Waals surface area contributed by atoms with Crippen LogP contribution < -0.4 is 10.9 Å². The second-order valence-electron chi connectivity index (χ2n) is 7.41. The van der Waals surface area contributed by atoms with Gasteiger partial charge in [0.2, 0.25) is 0 Å². The average Bonchev–Trinajstić information content (AvgIpc) is 3.09. The fourth-order valence-electron chi connectivity index (χ4n) is 3.48. The molecule has 2 aromatic carbocycles. The number of hydrogen-bond acceptors (Lipinski definition) is 3. The predicted octanol–water partition coefficient (Wildman–Crippen LogP) is 4.27. The van der Waals surface area contributed by atoms with Crippen LogP contribution in [0.2, 0.25) is 0 Å². The molecule has 2 aromatic rings. The molecule has 6 nitrogen and oxygen atoms in total. The second kappa shape index (κ2) is 8.37. The van der Waals surface area contributed by atoms with Crippen molar-refractivity contribution >= 4 is 11.6 Å². The Balaban J connectivity index is 1.66. The zero-order valence-electron chi connectivity index (χ0n) is 17.1. The van der Waals surface area contributed by atoms with E-state index >= 15 is 0 Å². The third-order valence-corrected chi connectivity index (χ3v) is 5.07. The Kier molecular flexibility index (Phi) is 5.48. The number of aromatic nitrogens is 3. The minimum absolute atomic E-state index is 0.248. The van der Waals surface area contributed by atoms with Gasteiger partial charge in [-0.15, -0.1) is 0 Å². The van der Waals surface area contributed by atoms with Crippen LogP contribution in [0.5, 0.6) is 0 Å². The molecular weight excluding hydrogens is 376 g/mol. The van der Waals surface area contributed by atoms with Gasteiger partial charge in [-0.25, -0.2) is 0 Å². The van der Waals surface area contributed by atoms with Gasteiger partial charge >= 0.3 is 0 Å². The number of fused-ring (bicyclic) bond motifs is 1. The molecule has 6 heteroatoms. The number of benzene rings is 2. The number of carbonyl (C=O) groups is 1. The zero-order valence-corrected chi connectivity index (χ0v) is 17.1. The molecular formula is C24H24N4O2. The molecule has 0 radical (unpaired) electrons. The van der Waals surface area contributed by atoms with E-state index in [1.165, 1.54) is 10.2 Å². The lowest BCUT2D eigenvalue weighted by atomic mass is 10.1. The highest BCUT2D eigenvalue weighted by molar-refractivity contribution is 6.08. The summed E-state index contributed by atoms with van der Waals surface area (Å²) in [7, 11) is 1.79. The van der Waals surface area contributed by atoms with E-state index in [1.807, 2.05) is 54.6 Å². The van der Waals surface area contributed by atoms with Crippen molar-refractivity contribution in [2.24, 2.45) is 7.05 Å². The molecule has 2 heterocycles. The number of hydrogen-bond donors (Lipinski definition) is 1. The highest BCUT2D eigenvalue weighted by Crippen LogP contribution is 2.23. The van der Waals surface area contributed by atoms with Crippen LogP contribution in [-0.4, -0.2) is 20.3 Å². The standard InChI is InChI=1S/C24H24N4O2/c1-3-4-8-17-11-13-18(14-12-17)25-23(29)20-15-27(2)16-21-22(20)26-28(24(21)30)19-9-6-5-7-10-19/h5-7,9-16H,3-4,8H2,1-2H3,(H,25,29). The van der Waals surface area contributed by atoms with Gasteiger partial charge < -0.3 is 9.88 Å². The molecule has 2 aliphatic rings. The summed E-state index contributed by atoms with van der Waals surface area (Å²) in [6.45, 7) is 2.17. The Morgan fingerprint density at radius 2 is 1.77 bits per heavy atom. The van der Waals surface area contributed by atoms with E-state index in [4.69, 9.17) is 0 Å². The van der Waals surface area contributed by atoms with Gasteiger partial charge in [0.1, 0.15) is 5.69 Å². The van der Waals surface area contributed by atoms with Crippen molar-refractivity contribution in [3.8, 4) is 16.9 Å². The van der Waals surface area contributed by atoms with E-state index < -0.39 is 0 Å². The first-order valence-electron chi connectivity index (χ1n) is 10.1. The molecule has 0 saturated carbocycles. The maximum atomic E-state index is 13.0. The van der Waals surface area contributed by atoms with Crippen molar-refractivity contribution in [1.29, 1.82) is 0 Å². The quantitative estimate of drug-likeness (QED) is 0.525. The lowest BCUT2D eigenvalue weighted by molar-refractivity contribution is 0.102. The van der Waals surface area contributed by atoms with Crippen LogP contribution in [0.25, 0.3) is 16.9 Å². The van der Waals surface area contributed by atoms with Gasteiger partial charge in [-0.1, -0.05) is 43.7 Å². The number of nitrogens with one attached hydrogen (secondary N) is 1. The van der Waals surface area contributed by atoms with E-state index in [-0.39, 0.29) is 11.5 Å². The Hall–Kier alpha value is -3.67. The first-order valence-corrected chi connectivity index (χ1v) is 10.1. The van der Waals surface area contributed by atoms with Crippen LogP contribution >= 0.6 is 0 Å². The Morgan fingerprint density at radius 3 is 2.47 bits per heavy atom. The van der Waals surface area contributed by atoms with Crippen molar-refractivity contribution < 1.29 is 4.79 Å². The number of nitrogens with zero attached hydrogens (tertiary/aromatic N) is 3. The zero-order chi connectivity index (χ0) is 21.1. The number of para-hydroxylation sites is 1. The van der Waals surface area contributed by atoms with Crippen LogP contribution in [0.15, 0.2) is 71.8 Å². The largest absolute Gasteiger partial charge is 0.356 e. The molecule has 152 valence electrons. The molecule has 0 saturated heterocycles. The van der Waals surface area contributed by atoms with Crippen molar-refractivity contribution in [3.05, 3.63) is 88.5 Å². The number of carbonyl (C=O) groups excluding carboxylic acids is 1. The van der Waals surface area contributed by atoms with Gasteiger partial charge in [-0.05, 0) is 42.7 Å². The van der Waals surface area contributed by atoms with E-state index in [9.17, 15) is 9.59 Å². The van der Waals surface area contributed by atoms with Gasteiger partial charge in [0.25, 0.3) is 11.5 Å². The summed E-state index contributed by atoms with van der Waals surface area (Å²) in [5.41, 5.74) is 3.53. The van der Waals surface area contributed by atoms with Crippen LogP contribution in [0.1, 0.15) is 35.7 Å². The first-order chi connectivity index (χ1) is 14.6. The maximum absolute atomic E-state index is 13.0. The summed E-state index contributed by atoms with van der Waals surface area (Å²) in [6.07, 6.45) is 6.71. The van der Waals surface area contributed by atoms with Crippen molar-refractivity contribution in [1.82, 2.24) is 14.3 Å². The normalized spacial score (nSPS) is 11.0. The third-order valence-electron chi connectivity index (χ3n) is 5.07. The summed E-state index contributed by atoms with van der Waals surface area (Å²) in [5.74, 6) is -0.296. The number of amides is 1. The van der Waals surface area contributed by atoms with Crippen LogP contribution in [0.3, 0.4) is 0 Å². The first kappa shape index (κ1) is 19.6. The molecule has 1 N–H and O–H groups in total. The molecule has 2 aliphatic heterocycles. The second-order valence-corrected chi connectivity index (χ2v) is 7.41. The summed E-state index contributed by atoms with van der Waals surface area (Å²) in [6, 6.07) is 17.1. The average molecular weight is 400 g/mol. The summed E-state index contributed by atoms with van der Waals surface area (Å²) in [5, 5.41) is 7.39. The van der Waals surface area contributed by atoms with Gasteiger partial charge in [0.15, 0.2) is 0 Å². The molecule has 4 rings (SSSR count). The Labute approximate surface area is 175 Å². The monoisotopic (exact) mass is 400 g/mol. The number of pyridine rings is 1. The topological polar surface area (TPSA) is 68.9 Å². The lowest BCUT2D eigenvalue weighted by Gasteiger charge is -2.10. The molecule has 0 aliphatic carbocycles. The molecule has 0 bridgehead atoms. The van der Waals surface area contributed by atoms with Gasteiger partial charge in [-0.2, -0.15) is 9.78 Å². The van der Waals surface area contributed by atoms with Crippen LogP contribution in [-0.2, 0) is 13.5 Å². The highest BCUT2D eigenvalue weighted by Gasteiger charge is 2.24. The summed E-state index contributed by atoms with van der Waals surface area (Å²) < 4.78 is 3.05. The van der Waals surface area contributed by atoms with Gasteiger partial charge in [-0.3, -0.25) is 9.59 Å². The van der Waals surface area contributed by atoms with Crippen molar-refractivity contribution in [3.63, 3.8) is 0 Å². The Morgan fingerprint density at radius 1 is 1.03 bits per heavy atom. The van der Waals surface area contributed by atoms with Crippen molar-refractivity contribution in [2.45, 2.75) is 26.2 Å². The fraction of sp³-hybridized carbons (Fsp3) is 0.208. The van der Waals surface area contributed by atoms with E-state index in [0.29, 0.717) is 28.2 Å². The molecule has 0 fully saturated rings. The van der Waals surface area contributed by atoms with E-state index in [1.54, 1.807) is 24.0 Å². The number of rotatable bonds is 6. The fourth-order valence-corrected chi connectivity index (χ4v) is 3.48. The molecule has 0 aromatic heterocycles. The van der Waals surface area contributed by atoms with Gasteiger partial charge in [0, 0.05) is 25.1 Å². The maximum Gasteiger partial charge on any atom is 0.282 e. The number of aryl methyl sites for hydroxylation is 2. The van der Waals surface area contributed by atoms with Crippen LogP contribution in [0, 0.1) is 0 Å². The summed E-state index contributed by atoms with van der Waals surface area (Å²) in [4.78, 5) is 25.9. The smallest absolute Gasteiger partial charge is 0.282 e. The van der Waals surface area contributed by atoms with E-state index in [0.717, 1.165) is 19.3 Å². The van der Waals surface area contributed by atoms with Crippen molar-refractivity contribution in [2.75, 3.05) is 5.32 Å². The summed E-state index contributed by atoms with van der Waals surface area (Å²) >= 11 is 0. The number of anilines is 1. The lowest BCUT2D eigenvalue weighted by Crippen LogP contribution is -2.17. The Bertz CT molecular complexity index is 1190. The minimum Gasteiger partial charge on any atom is -0.356 e. The molecule has 30 heavy (non-hydrogen) atoms. The number of unbranched alkanes of at least 4 members (excludes halogenated alkanes) is 1. The molecule has 1 amide bonds. The molecule has 0 spiro atoms. The molecule has 0 atom stereocenters. The molecule has 0 unspecified atom stereocenters. The highest BCUT2D eigenvalue weighted by atomic mass is 16.2. The predicted molar refractivity (Wildman–Crippen MR) is 118 cm³/mol. The van der Waals surface area contributed by atoms with E-state index in [2.05, 4.69) is 17.3 Å². The third kappa shape index (κ3) is 3.89. The van der Waals surface area contributed by atoms with Gasteiger partial charge in [0.05, 0.1) is 16.8 Å². The van der Waals surface area contributed by atoms with Crippen LogP contribution in [0.4, 0.5) is 5.69 Å².